The van der Waals surface area contributed by atoms with Gasteiger partial charge in [-0.2, -0.15) is 0 Å². The molecule has 2 saturated heterocycles. The van der Waals surface area contributed by atoms with Crippen LogP contribution in [0.5, 0.6) is 0 Å². The lowest BCUT2D eigenvalue weighted by Gasteiger charge is -2.40. The first-order valence-corrected chi connectivity index (χ1v) is 12.3. The van der Waals surface area contributed by atoms with Crippen LogP contribution in [0.3, 0.4) is 0 Å². The largest absolute Gasteiger partial charge is 0.444 e. The standard InChI is InChI=1S/C24H43N5O3/c1-16-9-7-8-10-20(16)27-22(25-15-21(30)28(5)6)26-17-13-18-11-12-19(14-17)29(18)23(31)32-24(2,3)4/h16-20H,7-15H2,1-6H3,(H2,25,26,27). The van der Waals surface area contributed by atoms with E-state index in [-0.39, 0.29) is 36.7 Å². The van der Waals surface area contributed by atoms with Gasteiger partial charge >= 0.3 is 6.09 Å². The molecule has 2 heterocycles. The fourth-order valence-electron chi connectivity index (χ4n) is 5.23. The van der Waals surface area contributed by atoms with Crippen molar-refractivity contribution in [1.29, 1.82) is 0 Å². The summed E-state index contributed by atoms with van der Waals surface area (Å²) in [6, 6.07) is 0.993. The van der Waals surface area contributed by atoms with Gasteiger partial charge in [-0.1, -0.05) is 19.8 Å². The Labute approximate surface area is 193 Å². The highest BCUT2D eigenvalue weighted by Crippen LogP contribution is 2.37. The average Bonchev–Trinajstić information content (AvgIpc) is 2.97. The molecule has 8 nitrogen and oxygen atoms in total. The van der Waals surface area contributed by atoms with Crippen molar-refractivity contribution >= 4 is 18.0 Å². The highest BCUT2D eigenvalue weighted by Gasteiger charge is 2.45. The minimum Gasteiger partial charge on any atom is -0.444 e. The van der Waals surface area contributed by atoms with Gasteiger partial charge in [0.25, 0.3) is 0 Å². The van der Waals surface area contributed by atoms with E-state index in [4.69, 9.17) is 4.74 Å². The lowest BCUT2D eigenvalue weighted by molar-refractivity contribution is -0.127. The Morgan fingerprint density at radius 2 is 1.66 bits per heavy atom. The molecule has 3 fully saturated rings. The predicted octanol–water partition coefficient (Wildman–Crippen LogP) is 3.12. The number of rotatable bonds is 4. The third-order valence-corrected chi connectivity index (χ3v) is 6.98. The SMILES string of the molecule is CC1CCCCC1NC(=NCC(=O)N(C)C)NC1CC2CCC(C1)N2C(=O)OC(C)(C)C. The normalized spacial score (nSPS) is 30.6. The molecule has 4 atom stereocenters. The summed E-state index contributed by atoms with van der Waals surface area (Å²) in [6.07, 6.45) is 8.45. The number of carbonyl (C=O) groups is 2. The molecule has 0 aromatic heterocycles. The van der Waals surface area contributed by atoms with Gasteiger partial charge in [0.15, 0.2) is 5.96 Å². The topological polar surface area (TPSA) is 86.3 Å². The predicted molar refractivity (Wildman–Crippen MR) is 127 cm³/mol. The van der Waals surface area contributed by atoms with Crippen molar-refractivity contribution in [3.05, 3.63) is 0 Å². The summed E-state index contributed by atoms with van der Waals surface area (Å²) < 4.78 is 5.66. The van der Waals surface area contributed by atoms with E-state index >= 15 is 0 Å². The Hall–Kier alpha value is -1.99. The van der Waals surface area contributed by atoms with E-state index in [1.54, 1.807) is 19.0 Å². The van der Waals surface area contributed by atoms with Gasteiger partial charge in [-0.15, -0.1) is 0 Å². The number of piperidine rings is 1. The summed E-state index contributed by atoms with van der Waals surface area (Å²) in [4.78, 5) is 33.1. The zero-order chi connectivity index (χ0) is 23.5. The van der Waals surface area contributed by atoms with Crippen LogP contribution in [0.4, 0.5) is 4.79 Å². The number of hydrogen-bond acceptors (Lipinski definition) is 4. The van der Waals surface area contributed by atoms with E-state index in [1.165, 1.54) is 19.3 Å². The van der Waals surface area contributed by atoms with E-state index in [2.05, 4.69) is 22.5 Å². The molecular formula is C24H43N5O3. The van der Waals surface area contributed by atoms with Gasteiger partial charge in [-0.25, -0.2) is 9.79 Å². The van der Waals surface area contributed by atoms with Crippen molar-refractivity contribution in [3.8, 4) is 0 Å². The molecule has 2 aliphatic heterocycles. The molecule has 2 amide bonds. The van der Waals surface area contributed by atoms with Gasteiger partial charge < -0.3 is 25.2 Å². The second kappa shape index (κ2) is 10.3. The summed E-state index contributed by atoms with van der Waals surface area (Å²) in [7, 11) is 3.51. The number of nitrogens with one attached hydrogen (secondary N) is 2. The monoisotopic (exact) mass is 449 g/mol. The van der Waals surface area contributed by atoms with Crippen LogP contribution in [0.25, 0.3) is 0 Å². The van der Waals surface area contributed by atoms with Crippen LogP contribution >= 0.6 is 0 Å². The number of ether oxygens (including phenoxy) is 1. The molecular weight excluding hydrogens is 406 g/mol. The van der Waals surface area contributed by atoms with E-state index in [0.717, 1.165) is 38.1 Å². The number of guanidine groups is 1. The fraction of sp³-hybridized carbons (Fsp3) is 0.875. The summed E-state index contributed by atoms with van der Waals surface area (Å²) in [5, 5.41) is 7.24. The maximum atomic E-state index is 12.7. The van der Waals surface area contributed by atoms with Crippen LogP contribution in [0, 0.1) is 5.92 Å². The average molecular weight is 450 g/mol. The quantitative estimate of drug-likeness (QED) is 0.509. The zero-order valence-electron chi connectivity index (χ0n) is 20.8. The van der Waals surface area contributed by atoms with Crippen LogP contribution < -0.4 is 10.6 Å². The Kier molecular flexibility index (Phi) is 7.93. The van der Waals surface area contributed by atoms with Crippen molar-refractivity contribution in [3.63, 3.8) is 0 Å². The van der Waals surface area contributed by atoms with E-state index in [1.807, 2.05) is 25.7 Å². The Balaban J connectivity index is 1.65. The van der Waals surface area contributed by atoms with E-state index in [0.29, 0.717) is 12.0 Å². The summed E-state index contributed by atoms with van der Waals surface area (Å²) in [5.74, 6) is 1.31. The molecule has 3 aliphatic rings. The van der Waals surface area contributed by atoms with Crippen LogP contribution in [0.15, 0.2) is 4.99 Å². The second-order valence-electron chi connectivity index (χ2n) is 11.1. The lowest BCUT2D eigenvalue weighted by Crippen LogP contribution is -2.56. The third-order valence-electron chi connectivity index (χ3n) is 6.98. The number of carbonyl (C=O) groups excluding carboxylic acids is 2. The first kappa shape index (κ1) is 24.6. The van der Waals surface area contributed by atoms with Gasteiger partial charge in [0, 0.05) is 38.3 Å². The molecule has 4 unspecified atom stereocenters. The molecule has 1 aliphatic carbocycles. The van der Waals surface area contributed by atoms with Crippen molar-refractivity contribution in [2.24, 2.45) is 10.9 Å². The summed E-state index contributed by atoms with van der Waals surface area (Å²) in [5.41, 5.74) is -0.481. The minimum absolute atomic E-state index is 0.0115. The lowest BCUT2D eigenvalue weighted by atomic mass is 9.86. The van der Waals surface area contributed by atoms with Crippen LogP contribution in [0.1, 0.15) is 79.1 Å². The number of likely N-dealkylation sites (N-methyl/N-ethyl adjacent to an activating group) is 1. The van der Waals surface area contributed by atoms with Crippen LogP contribution in [0.2, 0.25) is 0 Å². The molecule has 2 bridgehead atoms. The molecule has 0 radical (unpaired) electrons. The molecule has 2 N–H and O–H groups in total. The number of aliphatic imine (C=N–C) groups is 1. The molecule has 0 aromatic rings. The Morgan fingerprint density at radius 1 is 1.03 bits per heavy atom. The molecule has 0 aromatic carbocycles. The maximum absolute atomic E-state index is 12.7. The third kappa shape index (κ3) is 6.51. The van der Waals surface area contributed by atoms with Gasteiger partial charge in [0.2, 0.25) is 5.91 Å². The molecule has 8 heteroatoms. The second-order valence-corrected chi connectivity index (χ2v) is 11.1. The number of nitrogens with zero attached hydrogens (tertiary/aromatic N) is 3. The van der Waals surface area contributed by atoms with Crippen molar-refractivity contribution in [2.45, 2.75) is 109 Å². The van der Waals surface area contributed by atoms with Crippen molar-refractivity contribution < 1.29 is 14.3 Å². The maximum Gasteiger partial charge on any atom is 0.410 e. The summed E-state index contributed by atoms with van der Waals surface area (Å²) >= 11 is 0. The van der Waals surface area contributed by atoms with Crippen LogP contribution in [-0.4, -0.2) is 78.2 Å². The fourth-order valence-corrected chi connectivity index (χ4v) is 5.23. The number of fused-ring (bicyclic) bond motifs is 2. The summed E-state index contributed by atoms with van der Waals surface area (Å²) in [6.45, 7) is 8.16. The first-order valence-electron chi connectivity index (χ1n) is 12.3. The molecule has 32 heavy (non-hydrogen) atoms. The van der Waals surface area contributed by atoms with Crippen molar-refractivity contribution in [2.75, 3.05) is 20.6 Å². The number of hydrogen-bond donors (Lipinski definition) is 2. The van der Waals surface area contributed by atoms with E-state index in [9.17, 15) is 9.59 Å². The molecule has 3 rings (SSSR count). The van der Waals surface area contributed by atoms with Crippen LogP contribution in [-0.2, 0) is 9.53 Å². The van der Waals surface area contributed by atoms with Gasteiger partial charge in [0.05, 0.1) is 0 Å². The van der Waals surface area contributed by atoms with Gasteiger partial charge in [-0.3, -0.25) is 4.79 Å². The molecule has 182 valence electrons. The zero-order valence-corrected chi connectivity index (χ0v) is 20.8. The minimum atomic E-state index is -0.481. The molecule has 0 spiro atoms. The van der Waals surface area contributed by atoms with Gasteiger partial charge in [-0.05, 0) is 65.2 Å². The van der Waals surface area contributed by atoms with Gasteiger partial charge in [0.1, 0.15) is 12.1 Å². The van der Waals surface area contributed by atoms with Crippen molar-refractivity contribution in [1.82, 2.24) is 20.4 Å². The number of amides is 2. The highest BCUT2D eigenvalue weighted by molar-refractivity contribution is 5.85. The Morgan fingerprint density at radius 3 is 2.22 bits per heavy atom. The highest BCUT2D eigenvalue weighted by atomic mass is 16.6. The first-order chi connectivity index (χ1) is 15.0. The van der Waals surface area contributed by atoms with E-state index < -0.39 is 5.60 Å². The Bertz CT molecular complexity index is 688. The smallest absolute Gasteiger partial charge is 0.410 e. The molecule has 1 saturated carbocycles.